The molecule has 1 aromatic carbocycles. The van der Waals surface area contributed by atoms with Crippen molar-refractivity contribution in [2.45, 2.75) is 38.6 Å². The molecule has 6 heteroatoms. The third kappa shape index (κ3) is 2.78. The highest BCUT2D eigenvalue weighted by Crippen LogP contribution is 2.39. The van der Waals surface area contributed by atoms with Gasteiger partial charge in [0.1, 0.15) is 5.75 Å². The van der Waals surface area contributed by atoms with Crippen molar-refractivity contribution in [3.05, 3.63) is 46.3 Å². The van der Waals surface area contributed by atoms with Crippen LogP contribution in [0.4, 0.5) is 0 Å². The summed E-state index contributed by atoms with van der Waals surface area (Å²) in [6, 6.07) is 6.00. The van der Waals surface area contributed by atoms with Gasteiger partial charge in [0.25, 0.3) is 0 Å². The summed E-state index contributed by atoms with van der Waals surface area (Å²) in [6.45, 7) is 5.69. The van der Waals surface area contributed by atoms with E-state index in [9.17, 15) is 4.79 Å². The first-order valence-electron chi connectivity index (χ1n) is 9.16. The van der Waals surface area contributed by atoms with Gasteiger partial charge in [-0.3, -0.25) is 9.89 Å². The van der Waals surface area contributed by atoms with Crippen molar-refractivity contribution in [3.63, 3.8) is 0 Å². The molecule has 2 aromatic rings. The van der Waals surface area contributed by atoms with E-state index in [1.807, 2.05) is 30.9 Å². The first-order chi connectivity index (χ1) is 12.6. The van der Waals surface area contributed by atoms with Crippen molar-refractivity contribution >= 4 is 5.91 Å². The van der Waals surface area contributed by atoms with Crippen molar-refractivity contribution in [2.24, 2.45) is 0 Å². The third-order valence-corrected chi connectivity index (χ3v) is 5.66. The molecule has 2 heterocycles. The Hall–Kier alpha value is -2.34. The average Bonchev–Trinajstić information content (AvgIpc) is 3.23. The molecule has 138 valence electrons. The number of carbonyl (C=O) groups is 1. The van der Waals surface area contributed by atoms with Crippen LogP contribution in [0.2, 0.25) is 0 Å². The lowest BCUT2D eigenvalue weighted by molar-refractivity contribution is -0.141. The monoisotopic (exact) mass is 355 g/mol. The number of methoxy groups -OCH3 is 1. The number of amides is 1. The highest BCUT2D eigenvalue weighted by Gasteiger charge is 2.38. The van der Waals surface area contributed by atoms with E-state index in [0.717, 1.165) is 41.1 Å². The van der Waals surface area contributed by atoms with Crippen LogP contribution in [0.5, 0.6) is 5.75 Å². The van der Waals surface area contributed by atoms with Gasteiger partial charge in [-0.1, -0.05) is 6.07 Å². The Morgan fingerprint density at radius 1 is 1.38 bits per heavy atom. The number of carbonyl (C=O) groups excluding carboxylic acids is 1. The normalized spacial score (nSPS) is 22.3. The van der Waals surface area contributed by atoms with Crippen molar-refractivity contribution in [1.82, 2.24) is 15.1 Å². The van der Waals surface area contributed by atoms with Crippen LogP contribution < -0.4 is 4.74 Å². The molecule has 1 saturated heterocycles. The molecule has 1 aliphatic carbocycles. The molecule has 0 spiro atoms. The van der Waals surface area contributed by atoms with Gasteiger partial charge in [-0.05, 0) is 49.9 Å². The molecule has 1 fully saturated rings. The van der Waals surface area contributed by atoms with Crippen molar-refractivity contribution in [1.29, 1.82) is 0 Å². The number of H-pyrrole nitrogens is 1. The van der Waals surface area contributed by atoms with Crippen LogP contribution in [-0.4, -0.2) is 47.9 Å². The molecule has 2 aliphatic rings. The fourth-order valence-electron chi connectivity index (χ4n) is 4.32. The van der Waals surface area contributed by atoms with E-state index in [1.54, 1.807) is 7.11 Å². The van der Waals surface area contributed by atoms with E-state index in [1.165, 1.54) is 5.56 Å². The van der Waals surface area contributed by atoms with Crippen LogP contribution in [0.3, 0.4) is 0 Å². The predicted octanol–water partition coefficient (Wildman–Crippen LogP) is 2.67. The number of hydrogen-bond donors (Lipinski definition) is 1. The highest BCUT2D eigenvalue weighted by atomic mass is 16.5. The van der Waals surface area contributed by atoms with Crippen molar-refractivity contribution < 1.29 is 14.3 Å². The Morgan fingerprint density at radius 2 is 2.23 bits per heavy atom. The van der Waals surface area contributed by atoms with Gasteiger partial charge in [-0.2, -0.15) is 5.10 Å². The van der Waals surface area contributed by atoms with Gasteiger partial charge in [-0.15, -0.1) is 0 Å². The Balaban J connectivity index is 1.65. The lowest BCUT2D eigenvalue weighted by Crippen LogP contribution is -2.45. The minimum absolute atomic E-state index is 0.0790. The summed E-state index contributed by atoms with van der Waals surface area (Å²) in [5, 5.41) is 7.34. The van der Waals surface area contributed by atoms with Crippen molar-refractivity contribution in [2.75, 3.05) is 26.9 Å². The summed E-state index contributed by atoms with van der Waals surface area (Å²) in [5.74, 6) is 0.891. The zero-order chi connectivity index (χ0) is 18.3. The third-order valence-electron chi connectivity index (χ3n) is 5.66. The predicted molar refractivity (Wildman–Crippen MR) is 97.4 cm³/mol. The SMILES string of the molecule is COc1ccc2c(c1)C(C(=O)N1CCOCC1c1c(C)n[nH]c1C)CC2. The Labute approximate surface area is 153 Å². The summed E-state index contributed by atoms with van der Waals surface area (Å²) >= 11 is 0. The van der Waals surface area contributed by atoms with Crippen molar-refractivity contribution in [3.8, 4) is 5.75 Å². The molecule has 1 aliphatic heterocycles. The number of benzene rings is 1. The van der Waals surface area contributed by atoms with Crippen LogP contribution in [-0.2, 0) is 16.0 Å². The number of nitrogens with zero attached hydrogens (tertiary/aromatic N) is 2. The van der Waals surface area contributed by atoms with E-state index in [0.29, 0.717) is 19.8 Å². The topological polar surface area (TPSA) is 67.4 Å². The molecular weight excluding hydrogens is 330 g/mol. The lowest BCUT2D eigenvalue weighted by atomic mass is 9.96. The lowest BCUT2D eigenvalue weighted by Gasteiger charge is -2.37. The van der Waals surface area contributed by atoms with Gasteiger partial charge in [0.15, 0.2) is 0 Å². The summed E-state index contributed by atoms with van der Waals surface area (Å²) < 4.78 is 11.1. The average molecular weight is 355 g/mol. The number of morpholine rings is 1. The van der Waals surface area contributed by atoms with Crippen LogP contribution in [0.25, 0.3) is 0 Å². The Bertz CT molecular complexity index is 810. The maximum atomic E-state index is 13.5. The second kappa shape index (κ2) is 6.76. The Morgan fingerprint density at radius 3 is 2.96 bits per heavy atom. The van der Waals surface area contributed by atoms with E-state index in [-0.39, 0.29) is 17.9 Å². The van der Waals surface area contributed by atoms with E-state index in [2.05, 4.69) is 16.3 Å². The quantitative estimate of drug-likeness (QED) is 0.919. The molecule has 6 nitrogen and oxygen atoms in total. The molecular formula is C20H25N3O3. The van der Waals surface area contributed by atoms with Crippen LogP contribution in [0.1, 0.15) is 46.5 Å². The summed E-state index contributed by atoms with van der Waals surface area (Å²) in [5.41, 5.74) is 5.39. The number of fused-ring (bicyclic) bond motifs is 1. The van der Waals surface area contributed by atoms with E-state index in [4.69, 9.17) is 9.47 Å². The van der Waals surface area contributed by atoms with Gasteiger partial charge >= 0.3 is 0 Å². The molecule has 0 bridgehead atoms. The number of aromatic amines is 1. The standard InChI is InChI=1S/C20H25N3O3/c1-12-19(13(2)22-21-12)18-11-26-9-8-23(18)20(24)16-7-5-14-4-6-15(25-3)10-17(14)16/h4,6,10,16,18H,5,7-9,11H2,1-3H3,(H,21,22). The molecule has 0 radical (unpaired) electrons. The van der Waals surface area contributed by atoms with Gasteiger partial charge in [0, 0.05) is 17.8 Å². The molecule has 2 unspecified atom stereocenters. The molecule has 26 heavy (non-hydrogen) atoms. The summed E-state index contributed by atoms with van der Waals surface area (Å²) in [7, 11) is 1.66. The van der Waals surface area contributed by atoms with E-state index >= 15 is 0 Å². The van der Waals surface area contributed by atoms with E-state index < -0.39 is 0 Å². The maximum Gasteiger partial charge on any atom is 0.230 e. The molecule has 1 aromatic heterocycles. The fraction of sp³-hybridized carbons (Fsp3) is 0.500. The second-order valence-corrected chi connectivity index (χ2v) is 7.13. The van der Waals surface area contributed by atoms with Crippen LogP contribution in [0.15, 0.2) is 18.2 Å². The van der Waals surface area contributed by atoms with Gasteiger partial charge in [0.2, 0.25) is 5.91 Å². The maximum absolute atomic E-state index is 13.5. The number of ether oxygens (including phenoxy) is 2. The van der Waals surface area contributed by atoms with Gasteiger partial charge in [0.05, 0.1) is 38.0 Å². The summed E-state index contributed by atoms with van der Waals surface area (Å²) in [6.07, 6.45) is 1.79. The number of aromatic nitrogens is 2. The van der Waals surface area contributed by atoms with Crippen LogP contribution >= 0.6 is 0 Å². The second-order valence-electron chi connectivity index (χ2n) is 7.13. The van der Waals surface area contributed by atoms with Crippen LogP contribution in [0, 0.1) is 13.8 Å². The molecule has 2 atom stereocenters. The number of hydrogen-bond acceptors (Lipinski definition) is 4. The molecule has 1 N–H and O–H groups in total. The highest BCUT2D eigenvalue weighted by molar-refractivity contribution is 5.85. The minimum Gasteiger partial charge on any atom is -0.497 e. The number of nitrogens with one attached hydrogen (secondary N) is 1. The summed E-state index contributed by atoms with van der Waals surface area (Å²) in [4.78, 5) is 15.5. The number of rotatable bonds is 3. The minimum atomic E-state index is -0.104. The Kier molecular flexibility index (Phi) is 4.44. The number of aryl methyl sites for hydroxylation is 3. The smallest absolute Gasteiger partial charge is 0.230 e. The zero-order valence-electron chi connectivity index (χ0n) is 15.5. The molecule has 0 saturated carbocycles. The molecule has 1 amide bonds. The van der Waals surface area contributed by atoms with Gasteiger partial charge < -0.3 is 14.4 Å². The largest absolute Gasteiger partial charge is 0.497 e. The fourth-order valence-corrected chi connectivity index (χ4v) is 4.32. The zero-order valence-corrected chi connectivity index (χ0v) is 15.5. The first kappa shape index (κ1) is 17.1. The first-order valence-corrected chi connectivity index (χ1v) is 9.16. The molecule has 4 rings (SSSR count). The van der Waals surface area contributed by atoms with Gasteiger partial charge in [-0.25, -0.2) is 0 Å².